The molecule has 1 nitrogen and oxygen atoms in total. The van der Waals surface area contributed by atoms with E-state index >= 15 is 0 Å². The van der Waals surface area contributed by atoms with E-state index in [1.807, 2.05) is 0 Å². The average Bonchev–Trinajstić information content (AvgIpc) is 2.28. The van der Waals surface area contributed by atoms with Crippen molar-refractivity contribution in [3.63, 3.8) is 0 Å². The van der Waals surface area contributed by atoms with Gasteiger partial charge in [-0.2, -0.15) is 0 Å². The molecule has 1 aliphatic carbocycles. The molecular formula is C16H33N. The SMILES string of the molecule is CC[C@@H](C)CC1CCC(N(C)CC(C)C)CC1. The van der Waals surface area contributed by atoms with Crippen LogP contribution in [0.15, 0.2) is 0 Å². The first-order valence-electron chi connectivity index (χ1n) is 7.73. The molecule has 0 aliphatic heterocycles. The van der Waals surface area contributed by atoms with Crippen LogP contribution in [-0.2, 0) is 0 Å². The molecule has 0 spiro atoms. The Hall–Kier alpha value is -0.0400. The van der Waals surface area contributed by atoms with Gasteiger partial charge in [-0.15, -0.1) is 0 Å². The van der Waals surface area contributed by atoms with Crippen LogP contribution in [0.5, 0.6) is 0 Å². The molecular weight excluding hydrogens is 206 g/mol. The van der Waals surface area contributed by atoms with Gasteiger partial charge in [0.25, 0.3) is 0 Å². The molecule has 1 fully saturated rings. The Bertz CT molecular complexity index is 192. The molecule has 1 rings (SSSR count). The third-order valence-electron chi connectivity index (χ3n) is 4.53. The maximum absolute atomic E-state index is 2.60. The van der Waals surface area contributed by atoms with E-state index in [1.165, 1.54) is 45.1 Å². The van der Waals surface area contributed by atoms with E-state index in [9.17, 15) is 0 Å². The van der Waals surface area contributed by atoms with Crippen molar-refractivity contribution in [2.45, 2.75) is 72.3 Å². The van der Waals surface area contributed by atoms with Crippen LogP contribution in [0.2, 0.25) is 0 Å². The van der Waals surface area contributed by atoms with Gasteiger partial charge in [0.1, 0.15) is 0 Å². The summed E-state index contributed by atoms with van der Waals surface area (Å²) in [5.74, 6) is 2.76. The summed E-state index contributed by atoms with van der Waals surface area (Å²) in [7, 11) is 2.32. The minimum absolute atomic E-state index is 0.804. The fourth-order valence-corrected chi connectivity index (χ4v) is 3.28. The van der Waals surface area contributed by atoms with Gasteiger partial charge in [-0.1, -0.05) is 34.1 Å². The highest BCUT2D eigenvalue weighted by molar-refractivity contribution is 4.79. The van der Waals surface area contributed by atoms with Gasteiger partial charge in [0, 0.05) is 12.6 Å². The maximum atomic E-state index is 2.60. The van der Waals surface area contributed by atoms with E-state index in [1.54, 1.807) is 0 Å². The smallest absolute Gasteiger partial charge is 0.00925 e. The minimum Gasteiger partial charge on any atom is -0.303 e. The van der Waals surface area contributed by atoms with E-state index in [4.69, 9.17) is 0 Å². The molecule has 102 valence electrons. The van der Waals surface area contributed by atoms with E-state index in [2.05, 4.69) is 39.6 Å². The molecule has 0 N–H and O–H groups in total. The zero-order valence-corrected chi connectivity index (χ0v) is 12.7. The van der Waals surface area contributed by atoms with Crippen LogP contribution in [0.1, 0.15) is 66.2 Å². The van der Waals surface area contributed by atoms with Crippen LogP contribution in [0.4, 0.5) is 0 Å². The molecule has 0 aromatic carbocycles. The summed E-state index contributed by atoms with van der Waals surface area (Å²) in [5, 5.41) is 0. The summed E-state index contributed by atoms with van der Waals surface area (Å²) in [6, 6.07) is 0.866. The van der Waals surface area contributed by atoms with Gasteiger partial charge in [-0.3, -0.25) is 0 Å². The summed E-state index contributed by atoms with van der Waals surface area (Å²) in [6.45, 7) is 10.7. The Balaban J connectivity index is 2.25. The summed E-state index contributed by atoms with van der Waals surface area (Å²) >= 11 is 0. The van der Waals surface area contributed by atoms with Gasteiger partial charge >= 0.3 is 0 Å². The molecule has 1 saturated carbocycles. The predicted octanol–water partition coefficient (Wildman–Crippen LogP) is 4.57. The van der Waals surface area contributed by atoms with E-state index < -0.39 is 0 Å². The lowest BCUT2D eigenvalue weighted by molar-refractivity contribution is 0.143. The van der Waals surface area contributed by atoms with Crippen molar-refractivity contribution in [2.75, 3.05) is 13.6 Å². The van der Waals surface area contributed by atoms with E-state index in [0.717, 1.165) is 23.8 Å². The average molecular weight is 239 g/mol. The molecule has 0 aromatic heterocycles. The van der Waals surface area contributed by atoms with E-state index in [0.29, 0.717) is 0 Å². The standard InChI is InChI=1S/C16H33N/c1-6-14(4)11-15-7-9-16(10-8-15)17(5)12-13(2)3/h13-16H,6-12H2,1-5H3/t14-,15?,16?/m1/s1. The predicted molar refractivity (Wildman–Crippen MR) is 77.3 cm³/mol. The van der Waals surface area contributed by atoms with Gasteiger partial charge in [-0.25, -0.2) is 0 Å². The Morgan fingerprint density at radius 3 is 2.12 bits per heavy atom. The van der Waals surface area contributed by atoms with Crippen molar-refractivity contribution < 1.29 is 0 Å². The highest BCUT2D eigenvalue weighted by atomic mass is 15.1. The van der Waals surface area contributed by atoms with Crippen LogP contribution in [0.25, 0.3) is 0 Å². The zero-order valence-electron chi connectivity index (χ0n) is 12.7. The maximum Gasteiger partial charge on any atom is 0.00925 e. The summed E-state index contributed by atoms with van der Waals surface area (Å²) in [5.41, 5.74) is 0. The van der Waals surface area contributed by atoms with Crippen LogP contribution >= 0.6 is 0 Å². The van der Waals surface area contributed by atoms with Crippen molar-refractivity contribution >= 4 is 0 Å². The van der Waals surface area contributed by atoms with Crippen molar-refractivity contribution in [3.8, 4) is 0 Å². The lowest BCUT2D eigenvalue weighted by atomic mass is 9.80. The van der Waals surface area contributed by atoms with E-state index in [-0.39, 0.29) is 0 Å². The summed E-state index contributed by atoms with van der Waals surface area (Å²) < 4.78 is 0. The highest BCUT2D eigenvalue weighted by Gasteiger charge is 2.24. The topological polar surface area (TPSA) is 3.24 Å². The van der Waals surface area contributed by atoms with Gasteiger partial charge < -0.3 is 4.90 Å². The summed E-state index contributed by atoms with van der Waals surface area (Å²) in [4.78, 5) is 2.60. The Kier molecular flexibility index (Phi) is 6.54. The molecule has 0 aromatic rings. The summed E-state index contributed by atoms with van der Waals surface area (Å²) in [6.07, 6.45) is 8.63. The molecule has 17 heavy (non-hydrogen) atoms. The molecule has 0 radical (unpaired) electrons. The minimum atomic E-state index is 0.804. The zero-order chi connectivity index (χ0) is 12.8. The van der Waals surface area contributed by atoms with Gasteiger partial charge in [0.15, 0.2) is 0 Å². The van der Waals surface area contributed by atoms with Crippen LogP contribution in [0.3, 0.4) is 0 Å². The third-order valence-corrected chi connectivity index (χ3v) is 4.53. The van der Waals surface area contributed by atoms with Gasteiger partial charge in [0.2, 0.25) is 0 Å². The molecule has 0 unspecified atom stereocenters. The highest BCUT2D eigenvalue weighted by Crippen LogP contribution is 2.32. The first-order chi connectivity index (χ1) is 8.02. The molecule has 0 saturated heterocycles. The first kappa shape index (κ1) is 15.0. The third kappa shape index (κ3) is 5.42. The largest absolute Gasteiger partial charge is 0.303 e. The lowest BCUT2D eigenvalue weighted by Gasteiger charge is -2.36. The fourth-order valence-electron chi connectivity index (χ4n) is 3.28. The lowest BCUT2D eigenvalue weighted by Crippen LogP contribution is -2.37. The first-order valence-corrected chi connectivity index (χ1v) is 7.73. The normalized spacial score (nSPS) is 27.7. The van der Waals surface area contributed by atoms with Gasteiger partial charge in [0.05, 0.1) is 0 Å². The second-order valence-electron chi connectivity index (χ2n) is 6.76. The molecule has 1 heteroatoms. The Labute approximate surface area is 109 Å². The molecule has 0 heterocycles. The van der Waals surface area contributed by atoms with Crippen molar-refractivity contribution in [1.29, 1.82) is 0 Å². The number of hydrogen-bond acceptors (Lipinski definition) is 1. The molecule has 0 bridgehead atoms. The van der Waals surface area contributed by atoms with Crippen molar-refractivity contribution in [1.82, 2.24) is 4.90 Å². The Morgan fingerprint density at radius 2 is 1.65 bits per heavy atom. The van der Waals surface area contributed by atoms with Crippen LogP contribution in [-0.4, -0.2) is 24.5 Å². The van der Waals surface area contributed by atoms with Crippen LogP contribution in [0, 0.1) is 17.8 Å². The number of nitrogens with zero attached hydrogens (tertiary/aromatic N) is 1. The molecule has 1 aliphatic rings. The van der Waals surface area contributed by atoms with Crippen LogP contribution < -0.4 is 0 Å². The molecule has 0 amide bonds. The number of hydrogen-bond donors (Lipinski definition) is 0. The Morgan fingerprint density at radius 1 is 1.06 bits per heavy atom. The second-order valence-corrected chi connectivity index (χ2v) is 6.76. The monoisotopic (exact) mass is 239 g/mol. The fraction of sp³-hybridized carbons (Fsp3) is 1.00. The van der Waals surface area contributed by atoms with Crippen molar-refractivity contribution in [3.05, 3.63) is 0 Å². The quantitative estimate of drug-likeness (QED) is 0.656. The number of rotatable bonds is 6. The van der Waals surface area contributed by atoms with Crippen molar-refractivity contribution in [2.24, 2.45) is 17.8 Å². The second kappa shape index (κ2) is 7.41. The van der Waals surface area contributed by atoms with Gasteiger partial charge in [-0.05, 0) is 56.9 Å². The molecule has 1 atom stereocenters.